The summed E-state index contributed by atoms with van der Waals surface area (Å²) in [7, 11) is 0. The van der Waals surface area contributed by atoms with E-state index in [1.54, 1.807) is 0 Å². The van der Waals surface area contributed by atoms with Crippen molar-refractivity contribution in [3.05, 3.63) is 23.9 Å². The van der Waals surface area contributed by atoms with Crippen LogP contribution in [0.2, 0.25) is 0 Å². The highest BCUT2D eigenvalue weighted by molar-refractivity contribution is 6.01. The molecule has 1 atom stereocenters. The molecule has 17 heavy (non-hydrogen) atoms. The SMILES string of the molecule is CCN(CC)C1=CC=CC(N(CC)CC)C1=O. The number of carbonyl (C=O) groups excluding carboxylic acids is 1. The third-order valence-corrected chi connectivity index (χ3v) is 3.38. The first-order valence-electron chi connectivity index (χ1n) is 6.61. The summed E-state index contributed by atoms with van der Waals surface area (Å²) in [6.07, 6.45) is 5.95. The van der Waals surface area contributed by atoms with Gasteiger partial charge in [0.25, 0.3) is 0 Å². The summed E-state index contributed by atoms with van der Waals surface area (Å²) in [6.45, 7) is 11.9. The van der Waals surface area contributed by atoms with Gasteiger partial charge in [-0.25, -0.2) is 0 Å². The molecule has 0 amide bonds. The van der Waals surface area contributed by atoms with Gasteiger partial charge in [-0.1, -0.05) is 26.0 Å². The lowest BCUT2D eigenvalue weighted by Gasteiger charge is -2.32. The lowest BCUT2D eigenvalue weighted by molar-refractivity contribution is -0.120. The van der Waals surface area contributed by atoms with Crippen molar-refractivity contribution in [1.29, 1.82) is 0 Å². The van der Waals surface area contributed by atoms with Crippen LogP contribution in [0.4, 0.5) is 0 Å². The van der Waals surface area contributed by atoms with Crippen molar-refractivity contribution in [3.63, 3.8) is 0 Å². The maximum atomic E-state index is 12.4. The molecular formula is C14H24N2O. The predicted octanol–water partition coefficient (Wildman–Crippen LogP) is 2.06. The highest BCUT2D eigenvalue weighted by Crippen LogP contribution is 2.17. The number of Topliss-reactive ketones (excluding diaryl/α,β-unsaturated/α-hetero) is 1. The molecule has 0 saturated carbocycles. The fraction of sp³-hybridized carbons (Fsp3) is 0.643. The molecule has 96 valence electrons. The molecule has 0 aromatic heterocycles. The second-order valence-corrected chi connectivity index (χ2v) is 4.14. The van der Waals surface area contributed by atoms with Gasteiger partial charge in [-0.2, -0.15) is 0 Å². The van der Waals surface area contributed by atoms with E-state index in [0.717, 1.165) is 31.9 Å². The molecule has 0 radical (unpaired) electrons. The zero-order valence-corrected chi connectivity index (χ0v) is 11.4. The largest absolute Gasteiger partial charge is 0.369 e. The summed E-state index contributed by atoms with van der Waals surface area (Å²) in [5, 5.41) is 0. The van der Waals surface area contributed by atoms with Gasteiger partial charge in [0.15, 0.2) is 5.78 Å². The van der Waals surface area contributed by atoms with Crippen molar-refractivity contribution in [1.82, 2.24) is 9.80 Å². The summed E-state index contributed by atoms with van der Waals surface area (Å²) >= 11 is 0. The van der Waals surface area contributed by atoms with Crippen LogP contribution in [-0.4, -0.2) is 47.8 Å². The molecule has 0 heterocycles. The Morgan fingerprint density at radius 2 is 1.65 bits per heavy atom. The average Bonchev–Trinajstić information content (AvgIpc) is 2.36. The Hall–Kier alpha value is -1.09. The van der Waals surface area contributed by atoms with Crippen LogP contribution in [0.1, 0.15) is 27.7 Å². The van der Waals surface area contributed by atoms with Gasteiger partial charge in [-0.05, 0) is 33.0 Å². The van der Waals surface area contributed by atoms with E-state index in [-0.39, 0.29) is 11.8 Å². The molecule has 0 aromatic carbocycles. The van der Waals surface area contributed by atoms with Crippen molar-refractivity contribution in [2.75, 3.05) is 26.2 Å². The molecule has 1 aliphatic rings. The molecule has 1 unspecified atom stereocenters. The number of ketones is 1. The highest BCUT2D eigenvalue weighted by Gasteiger charge is 2.28. The first-order valence-corrected chi connectivity index (χ1v) is 6.61. The Bertz CT molecular complexity index is 312. The number of hydrogen-bond donors (Lipinski definition) is 0. The van der Waals surface area contributed by atoms with Gasteiger partial charge in [0.2, 0.25) is 0 Å². The van der Waals surface area contributed by atoms with E-state index in [4.69, 9.17) is 0 Å². The number of hydrogen-bond acceptors (Lipinski definition) is 3. The van der Waals surface area contributed by atoms with E-state index in [1.165, 1.54) is 0 Å². The number of carbonyl (C=O) groups is 1. The molecule has 1 aliphatic carbocycles. The Kier molecular flexibility index (Phi) is 5.42. The van der Waals surface area contributed by atoms with Crippen molar-refractivity contribution in [3.8, 4) is 0 Å². The van der Waals surface area contributed by atoms with Gasteiger partial charge in [0.1, 0.15) is 0 Å². The van der Waals surface area contributed by atoms with Crippen LogP contribution in [0, 0.1) is 0 Å². The first kappa shape index (κ1) is 14.0. The summed E-state index contributed by atoms with van der Waals surface area (Å²) in [5.74, 6) is 0.236. The van der Waals surface area contributed by atoms with Crippen LogP contribution in [0.15, 0.2) is 23.9 Å². The summed E-state index contributed by atoms with van der Waals surface area (Å²) in [6, 6.07) is -0.0781. The van der Waals surface area contributed by atoms with Gasteiger partial charge in [0, 0.05) is 13.1 Å². The summed E-state index contributed by atoms with van der Waals surface area (Å²) in [4.78, 5) is 16.8. The molecule has 0 bridgehead atoms. The van der Waals surface area contributed by atoms with Crippen LogP contribution in [0.25, 0.3) is 0 Å². The molecule has 0 aliphatic heterocycles. The molecular weight excluding hydrogens is 212 g/mol. The van der Waals surface area contributed by atoms with Crippen LogP contribution < -0.4 is 0 Å². The monoisotopic (exact) mass is 236 g/mol. The smallest absolute Gasteiger partial charge is 0.199 e. The number of likely N-dealkylation sites (N-methyl/N-ethyl adjacent to an activating group) is 2. The fourth-order valence-corrected chi connectivity index (χ4v) is 2.30. The van der Waals surface area contributed by atoms with Crippen molar-refractivity contribution in [2.45, 2.75) is 33.7 Å². The Morgan fingerprint density at radius 1 is 1.06 bits per heavy atom. The molecule has 3 heteroatoms. The molecule has 0 aromatic rings. The zero-order chi connectivity index (χ0) is 12.8. The third kappa shape index (κ3) is 2.97. The second kappa shape index (κ2) is 6.60. The van der Waals surface area contributed by atoms with Gasteiger partial charge in [-0.15, -0.1) is 0 Å². The molecule has 0 fully saturated rings. The number of allylic oxidation sites excluding steroid dienone is 2. The lowest BCUT2D eigenvalue weighted by Crippen LogP contribution is -2.44. The van der Waals surface area contributed by atoms with Crippen LogP contribution in [0.3, 0.4) is 0 Å². The van der Waals surface area contributed by atoms with Crippen LogP contribution in [0.5, 0.6) is 0 Å². The van der Waals surface area contributed by atoms with E-state index in [2.05, 4.69) is 37.5 Å². The number of rotatable bonds is 6. The van der Waals surface area contributed by atoms with Gasteiger partial charge in [0.05, 0.1) is 11.7 Å². The molecule has 0 N–H and O–H groups in total. The van der Waals surface area contributed by atoms with Crippen LogP contribution >= 0.6 is 0 Å². The predicted molar refractivity (Wildman–Crippen MR) is 71.9 cm³/mol. The highest BCUT2D eigenvalue weighted by atomic mass is 16.1. The normalized spacial score (nSPS) is 19.7. The minimum absolute atomic E-state index is 0.0781. The van der Waals surface area contributed by atoms with E-state index in [1.807, 2.05) is 18.2 Å². The zero-order valence-electron chi connectivity index (χ0n) is 11.4. The molecule has 0 saturated heterocycles. The molecule has 0 spiro atoms. The Balaban J connectivity index is 2.88. The third-order valence-electron chi connectivity index (χ3n) is 3.38. The van der Waals surface area contributed by atoms with Gasteiger partial charge >= 0.3 is 0 Å². The summed E-state index contributed by atoms with van der Waals surface area (Å²) < 4.78 is 0. The first-order chi connectivity index (χ1) is 8.19. The minimum Gasteiger partial charge on any atom is -0.369 e. The van der Waals surface area contributed by atoms with Gasteiger partial charge < -0.3 is 4.90 Å². The Labute approximate surface area is 105 Å². The average molecular weight is 236 g/mol. The lowest BCUT2D eigenvalue weighted by atomic mass is 10.0. The quantitative estimate of drug-likeness (QED) is 0.705. The molecule has 1 rings (SSSR count). The maximum absolute atomic E-state index is 12.4. The van der Waals surface area contributed by atoms with E-state index < -0.39 is 0 Å². The minimum atomic E-state index is -0.0781. The topological polar surface area (TPSA) is 23.6 Å². The van der Waals surface area contributed by atoms with Crippen molar-refractivity contribution in [2.24, 2.45) is 0 Å². The van der Waals surface area contributed by atoms with E-state index in [9.17, 15) is 4.79 Å². The van der Waals surface area contributed by atoms with Crippen molar-refractivity contribution >= 4 is 5.78 Å². The van der Waals surface area contributed by atoms with Gasteiger partial charge in [-0.3, -0.25) is 9.69 Å². The number of nitrogens with zero attached hydrogens (tertiary/aromatic N) is 2. The summed E-state index contributed by atoms with van der Waals surface area (Å²) in [5.41, 5.74) is 0.856. The Morgan fingerprint density at radius 3 is 2.12 bits per heavy atom. The maximum Gasteiger partial charge on any atom is 0.199 e. The van der Waals surface area contributed by atoms with Crippen LogP contribution in [-0.2, 0) is 4.79 Å². The van der Waals surface area contributed by atoms with E-state index >= 15 is 0 Å². The fourth-order valence-electron chi connectivity index (χ4n) is 2.30. The molecule has 3 nitrogen and oxygen atoms in total. The standard InChI is InChI=1S/C14H24N2O/c1-5-15(6-2)12-10-9-11-13(14(12)17)16(7-3)8-4/h9-12H,5-8H2,1-4H3. The van der Waals surface area contributed by atoms with E-state index in [0.29, 0.717) is 0 Å². The van der Waals surface area contributed by atoms with Crippen molar-refractivity contribution < 1.29 is 4.79 Å². The second-order valence-electron chi connectivity index (χ2n) is 4.14.